The van der Waals surface area contributed by atoms with Crippen molar-refractivity contribution in [2.75, 3.05) is 7.05 Å². The van der Waals surface area contributed by atoms with Crippen LogP contribution in [0.4, 0.5) is 0 Å². The monoisotopic (exact) mass is 437 g/mol. The molecule has 0 saturated carbocycles. The SMILES string of the molecule is CNC(c1cscc1Br)c1cc(Br)ccc1Br. The molecule has 0 aliphatic heterocycles. The van der Waals surface area contributed by atoms with Gasteiger partial charge in [0.05, 0.1) is 6.04 Å². The van der Waals surface area contributed by atoms with Crippen LogP contribution in [0.1, 0.15) is 17.2 Å². The maximum atomic E-state index is 3.61. The molecule has 0 radical (unpaired) electrons. The fourth-order valence-electron chi connectivity index (χ4n) is 1.71. The quantitative estimate of drug-likeness (QED) is 0.680. The molecule has 1 N–H and O–H groups in total. The highest BCUT2D eigenvalue weighted by Gasteiger charge is 2.18. The van der Waals surface area contributed by atoms with E-state index >= 15 is 0 Å². The summed E-state index contributed by atoms with van der Waals surface area (Å²) in [5.41, 5.74) is 2.48. The van der Waals surface area contributed by atoms with Crippen LogP contribution < -0.4 is 5.32 Å². The summed E-state index contributed by atoms with van der Waals surface area (Å²) in [5, 5.41) is 7.62. The van der Waals surface area contributed by atoms with Crippen molar-refractivity contribution in [3.63, 3.8) is 0 Å². The van der Waals surface area contributed by atoms with E-state index in [1.807, 2.05) is 13.1 Å². The molecule has 5 heteroatoms. The first-order valence-corrected chi connectivity index (χ1v) is 8.29. The van der Waals surface area contributed by atoms with Gasteiger partial charge in [0.2, 0.25) is 0 Å². The Morgan fingerprint density at radius 3 is 2.41 bits per heavy atom. The summed E-state index contributed by atoms with van der Waals surface area (Å²) in [4.78, 5) is 0. The molecule has 2 rings (SSSR count). The smallest absolute Gasteiger partial charge is 0.0605 e. The number of hydrogen-bond acceptors (Lipinski definition) is 2. The topological polar surface area (TPSA) is 12.0 Å². The van der Waals surface area contributed by atoms with Crippen molar-refractivity contribution in [2.24, 2.45) is 0 Å². The molecular weight excluding hydrogens is 430 g/mol. The predicted octanol–water partition coefficient (Wildman–Crippen LogP) is 5.34. The highest BCUT2D eigenvalue weighted by molar-refractivity contribution is 9.11. The lowest BCUT2D eigenvalue weighted by molar-refractivity contribution is 0.688. The third kappa shape index (κ3) is 3.01. The zero-order chi connectivity index (χ0) is 12.4. The van der Waals surface area contributed by atoms with Gasteiger partial charge in [-0.15, -0.1) is 0 Å². The second-order valence-electron chi connectivity index (χ2n) is 3.56. The Labute approximate surface area is 130 Å². The number of nitrogens with one attached hydrogen (secondary N) is 1. The van der Waals surface area contributed by atoms with Gasteiger partial charge in [-0.1, -0.05) is 31.9 Å². The molecule has 1 unspecified atom stereocenters. The average molecular weight is 440 g/mol. The second kappa shape index (κ2) is 5.97. The van der Waals surface area contributed by atoms with Gasteiger partial charge in [0.25, 0.3) is 0 Å². The largest absolute Gasteiger partial charge is 0.309 e. The Morgan fingerprint density at radius 2 is 1.82 bits per heavy atom. The number of hydrogen-bond donors (Lipinski definition) is 1. The minimum Gasteiger partial charge on any atom is -0.309 e. The van der Waals surface area contributed by atoms with Crippen LogP contribution >= 0.6 is 59.1 Å². The molecule has 0 aliphatic carbocycles. The van der Waals surface area contributed by atoms with Gasteiger partial charge in [-0.3, -0.25) is 0 Å². The molecule has 1 aromatic carbocycles. The van der Waals surface area contributed by atoms with Crippen molar-refractivity contribution < 1.29 is 0 Å². The van der Waals surface area contributed by atoms with E-state index in [9.17, 15) is 0 Å². The first-order valence-electron chi connectivity index (χ1n) is 4.97. The van der Waals surface area contributed by atoms with E-state index in [1.165, 1.54) is 11.1 Å². The maximum Gasteiger partial charge on any atom is 0.0605 e. The molecule has 0 aliphatic rings. The number of benzene rings is 1. The molecule has 0 spiro atoms. The summed E-state index contributed by atoms with van der Waals surface area (Å²) in [6, 6.07) is 6.41. The van der Waals surface area contributed by atoms with E-state index in [1.54, 1.807) is 11.3 Å². The standard InChI is InChI=1S/C12H10Br3NS/c1-16-12(9-5-17-6-11(9)15)8-4-7(13)2-3-10(8)14/h2-6,12,16H,1H3. The molecule has 2 aromatic rings. The van der Waals surface area contributed by atoms with Crippen molar-refractivity contribution in [3.05, 3.63) is 53.5 Å². The molecule has 0 saturated heterocycles. The van der Waals surface area contributed by atoms with Crippen LogP contribution in [-0.2, 0) is 0 Å². The highest BCUT2D eigenvalue weighted by atomic mass is 79.9. The molecule has 0 amide bonds. The van der Waals surface area contributed by atoms with Gasteiger partial charge in [0.15, 0.2) is 0 Å². The fraction of sp³-hybridized carbons (Fsp3) is 0.167. The fourth-order valence-corrected chi connectivity index (χ4v) is 4.12. The molecule has 0 bridgehead atoms. The first kappa shape index (κ1) is 13.7. The van der Waals surface area contributed by atoms with Gasteiger partial charge >= 0.3 is 0 Å². The normalized spacial score (nSPS) is 12.7. The van der Waals surface area contributed by atoms with Crippen molar-refractivity contribution in [2.45, 2.75) is 6.04 Å². The van der Waals surface area contributed by atoms with E-state index < -0.39 is 0 Å². The summed E-state index contributed by atoms with van der Waals surface area (Å²) < 4.78 is 3.34. The zero-order valence-electron chi connectivity index (χ0n) is 9.01. The molecular formula is C12H10Br3NS. The molecule has 1 atom stereocenters. The lowest BCUT2D eigenvalue weighted by Gasteiger charge is -2.18. The lowest BCUT2D eigenvalue weighted by Crippen LogP contribution is -2.17. The van der Waals surface area contributed by atoms with Crippen molar-refractivity contribution >= 4 is 59.1 Å². The Kier molecular flexibility index (Phi) is 4.83. The predicted molar refractivity (Wildman–Crippen MR) is 84.8 cm³/mol. The van der Waals surface area contributed by atoms with Gasteiger partial charge in [0, 0.05) is 18.8 Å². The summed E-state index contributed by atoms with van der Waals surface area (Å²) in [5.74, 6) is 0. The van der Waals surface area contributed by atoms with Gasteiger partial charge < -0.3 is 5.32 Å². The molecule has 17 heavy (non-hydrogen) atoms. The van der Waals surface area contributed by atoms with Crippen molar-refractivity contribution in [1.82, 2.24) is 5.32 Å². The van der Waals surface area contributed by atoms with Crippen LogP contribution in [0.25, 0.3) is 0 Å². The Bertz CT molecular complexity index is 524. The minimum absolute atomic E-state index is 0.183. The van der Waals surface area contributed by atoms with Gasteiger partial charge in [-0.2, -0.15) is 11.3 Å². The molecule has 1 heterocycles. The van der Waals surface area contributed by atoms with E-state index in [-0.39, 0.29) is 6.04 Å². The van der Waals surface area contributed by atoms with Gasteiger partial charge in [-0.25, -0.2) is 0 Å². The van der Waals surface area contributed by atoms with Crippen LogP contribution in [0.15, 0.2) is 42.4 Å². The molecule has 0 fully saturated rings. The molecule has 1 aromatic heterocycles. The maximum absolute atomic E-state index is 3.61. The highest BCUT2D eigenvalue weighted by Crippen LogP contribution is 2.35. The first-order chi connectivity index (χ1) is 8.13. The minimum atomic E-state index is 0.183. The average Bonchev–Trinajstić information content (AvgIpc) is 2.71. The van der Waals surface area contributed by atoms with Crippen molar-refractivity contribution in [1.29, 1.82) is 0 Å². The Hall–Kier alpha value is 0.320. The summed E-state index contributed by atoms with van der Waals surface area (Å²) in [6.07, 6.45) is 0. The lowest BCUT2D eigenvalue weighted by atomic mass is 10.0. The molecule has 1 nitrogen and oxygen atoms in total. The van der Waals surface area contributed by atoms with Gasteiger partial charge in [0.1, 0.15) is 0 Å². The van der Waals surface area contributed by atoms with E-state index in [4.69, 9.17) is 0 Å². The van der Waals surface area contributed by atoms with Crippen LogP contribution in [0, 0.1) is 0 Å². The van der Waals surface area contributed by atoms with Crippen LogP contribution in [-0.4, -0.2) is 7.05 Å². The Balaban J connectivity index is 2.49. The van der Waals surface area contributed by atoms with E-state index in [2.05, 4.69) is 76.0 Å². The van der Waals surface area contributed by atoms with Crippen LogP contribution in [0.2, 0.25) is 0 Å². The number of rotatable bonds is 3. The Morgan fingerprint density at radius 1 is 1.06 bits per heavy atom. The number of thiophene rings is 1. The molecule has 90 valence electrons. The number of halogens is 3. The van der Waals surface area contributed by atoms with Crippen LogP contribution in [0.5, 0.6) is 0 Å². The summed E-state index contributed by atoms with van der Waals surface area (Å²) >= 11 is 12.4. The summed E-state index contributed by atoms with van der Waals surface area (Å²) in [6.45, 7) is 0. The van der Waals surface area contributed by atoms with E-state index in [0.717, 1.165) is 13.4 Å². The second-order valence-corrected chi connectivity index (χ2v) is 6.93. The van der Waals surface area contributed by atoms with Crippen LogP contribution in [0.3, 0.4) is 0 Å². The van der Waals surface area contributed by atoms with E-state index in [0.29, 0.717) is 0 Å². The third-order valence-electron chi connectivity index (χ3n) is 2.51. The third-order valence-corrected chi connectivity index (χ3v) is 5.48. The summed E-state index contributed by atoms with van der Waals surface area (Å²) in [7, 11) is 1.97. The zero-order valence-corrected chi connectivity index (χ0v) is 14.6. The van der Waals surface area contributed by atoms with Gasteiger partial charge in [-0.05, 0) is 57.7 Å². The van der Waals surface area contributed by atoms with Crippen molar-refractivity contribution in [3.8, 4) is 0 Å².